The Hall–Kier alpha value is -3.27. The standard InChI is InChI=1S/C23H28FN7O2/c1-14(2)31-22-19(11-26-31)21(30-12-17-7-8-18(13-30)33-17)28-20(29-22)15-3-5-16(6-4-15)27-23(32)25-10-9-24/h3-6,11,14,17-18H,7-10,12-13H2,1-2H3,(H2,25,27,32). The molecule has 2 N–H and O–H groups in total. The van der Waals surface area contributed by atoms with Gasteiger partial charge in [0, 0.05) is 36.9 Å². The summed E-state index contributed by atoms with van der Waals surface area (Å²) in [5.74, 6) is 1.49. The van der Waals surface area contributed by atoms with E-state index >= 15 is 0 Å². The Kier molecular flexibility index (Phi) is 5.84. The summed E-state index contributed by atoms with van der Waals surface area (Å²) in [4.78, 5) is 23.9. The second-order valence-electron chi connectivity index (χ2n) is 8.80. The molecule has 9 nitrogen and oxygen atoms in total. The lowest BCUT2D eigenvalue weighted by atomic mass is 10.2. The number of halogens is 1. The summed E-state index contributed by atoms with van der Waals surface area (Å²) in [6.45, 7) is 5.16. The SMILES string of the molecule is CC(C)n1ncc2c(N3CC4CCC(C3)O4)nc(-c3ccc(NC(=O)NCCF)cc3)nc21. The van der Waals surface area contributed by atoms with Crippen LogP contribution in [0.4, 0.5) is 20.7 Å². The highest BCUT2D eigenvalue weighted by Gasteiger charge is 2.35. The number of fused-ring (bicyclic) bond motifs is 3. The Balaban J connectivity index is 1.49. The van der Waals surface area contributed by atoms with Crippen LogP contribution in [0.2, 0.25) is 0 Å². The summed E-state index contributed by atoms with van der Waals surface area (Å²) < 4.78 is 20.2. The van der Waals surface area contributed by atoms with Gasteiger partial charge in [-0.25, -0.2) is 23.8 Å². The van der Waals surface area contributed by atoms with E-state index in [1.165, 1.54) is 0 Å². The van der Waals surface area contributed by atoms with Crippen molar-refractivity contribution in [3.05, 3.63) is 30.5 Å². The third-order valence-electron chi connectivity index (χ3n) is 6.05. The zero-order chi connectivity index (χ0) is 22.9. The van der Waals surface area contributed by atoms with Crippen LogP contribution in [0.15, 0.2) is 30.5 Å². The Bertz CT molecular complexity index is 1140. The van der Waals surface area contributed by atoms with Gasteiger partial charge in [-0.1, -0.05) is 0 Å². The summed E-state index contributed by atoms with van der Waals surface area (Å²) in [5, 5.41) is 10.7. The smallest absolute Gasteiger partial charge is 0.319 e. The summed E-state index contributed by atoms with van der Waals surface area (Å²) in [6.07, 6.45) is 4.51. The molecule has 2 fully saturated rings. The van der Waals surface area contributed by atoms with Gasteiger partial charge in [-0.3, -0.25) is 0 Å². The van der Waals surface area contributed by atoms with Gasteiger partial charge < -0.3 is 20.3 Å². The van der Waals surface area contributed by atoms with Gasteiger partial charge in [0.25, 0.3) is 0 Å². The first kappa shape index (κ1) is 21.6. The molecule has 0 spiro atoms. The summed E-state index contributed by atoms with van der Waals surface area (Å²) >= 11 is 0. The van der Waals surface area contributed by atoms with E-state index in [-0.39, 0.29) is 24.8 Å². The number of carbonyl (C=O) groups excluding carboxylic acids is 1. The van der Waals surface area contributed by atoms with Crippen molar-refractivity contribution in [2.75, 3.05) is 36.5 Å². The van der Waals surface area contributed by atoms with Crippen molar-refractivity contribution in [2.45, 2.75) is 44.9 Å². The van der Waals surface area contributed by atoms with Crippen LogP contribution in [0.1, 0.15) is 32.7 Å². The lowest BCUT2D eigenvalue weighted by Gasteiger charge is -2.33. The number of alkyl halides is 1. The van der Waals surface area contributed by atoms with Gasteiger partial charge in [-0.15, -0.1) is 0 Å². The van der Waals surface area contributed by atoms with Crippen molar-refractivity contribution < 1.29 is 13.9 Å². The molecule has 33 heavy (non-hydrogen) atoms. The molecule has 2 saturated heterocycles. The molecule has 0 aliphatic carbocycles. The van der Waals surface area contributed by atoms with Gasteiger partial charge in [0.2, 0.25) is 0 Å². The molecule has 5 rings (SSSR count). The fourth-order valence-corrected chi connectivity index (χ4v) is 4.49. The van der Waals surface area contributed by atoms with Gasteiger partial charge in [-0.2, -0.15) is 5.10 Å². The monoisotopic (exact) mass is 453 g/mol. The number of carbonyl (C=O) groups is 1. The van der Waals surface area contributed by atoms with Crippen molar-refractivity contribution in [2.24, 2.45) is 0 Å². The van der Waals surface area contributed by atoms with Crippen molar-refractivity contribution in [1.29, 1.82) is 0 Å². The Labute approximate surface area is 191 Å². The van der Waals surface area contributed by atoms with Crippen LogP contribution in [0, 0.1) is 0 Å². The molecular weight excluding hydrogens is 425 g/mol. The molecular formula is C23H28FN7O2. The first-order valence-electron chi connectivity index (χ1n) is 11.4. The van der Waals surface area contributed by atoms with Crippen molar-refractivity contribution in [3.63, 3.8) is 0 Å². The lowest BCUT2D eigenvalue weighted by molar-refractivity contribution is 0.0303. The number of hydrogen-bond acceptors (Lipinski definition) is 6. The number of nitrogens with zero attached hydrogens (tertiary/aromatic N) is 5. The zero-order valence-electron chi connectivity index (χ0n) is 18.8. The maximum Gasteiger partial charge on any atom is 0.319 e. The second-order valence-corrected chi connectivity index (χ2v) is 8.80. The van der Waals surface area contributed by atoms with Crippen LogP contribution in [0.5, 0.6) is 0 Å². The average molecular weight is 454 g/mol. The van der Waals surface area contributed by atoms with Gasteiger partial charge in [0.1, 0.15) is 12.5 Å². The molecule has 2 aliphatic heterocycles. The van der Waals surface area contributed by atoms with Gasteiger partial charge in [0.05, 0.1) is 23.8 Å². The number of nitrogens with one attached hydrogen (secondary N) is 2. The number of benzene rings is 1. The van der Waals surface area contributed by atoms with E-state index in [1.54, 1.807) is 12.1 Å². The second kappa shape index (κ2) is 8.93. The number of morpholine rings is 1. The van der Waals surface area contributed by atoms with Crippen LogP contribution in [0.25, 0.3) is 22.4 Å². The predicted octanol–water partition coefficient (Wildman–Crippen LogP) is 3.53. The van der Waals surface area contributed by atoms with Crippen LogP contribution < -0.4 is 15.5 Å². The molecule has 2 amide bonds. The van der Waals surface area contributed by atoms with E-state index in [0.717, 1.165) is 48.3 Å². The third kappa shape index (κ3) is 4.35. The van der Waals surface area contributed by atoms with Crippen molar-refractivity contribution in [3.8, 4) is 11.4 Å². The van der Waals surface area contributed by atoms with E-state index < -0.39 is 12.7 Å². The maximum absolute atomic E-state index is 12.2. The minimum Gasteiger partial charge on any atom is -0.371 e. The molecule has 1 aromatic carbocycles. The molecule has 3 aromatic rings. The molecule has 4 heterocycles. The van der Waals surface area contributed by atoms with E-state index in [9.17, 15) is 9.18 Å². The van der Waals surface area contributed by atoms with E-state index in [4.69, 9.17) is 14.7 Å². The van der Waals surface area contributed by atoms with E-state index in [0.29, 0.717) is 11.5 Å². The summed E-state index contributed by atoms with van der Waals surface area (Å²) in [5.41, 5.74) is 2.24. The Morgan fingerprint density at radius 1 is 1.18 bits per heavy atom. The molecule has 0 radical (unpaired) electrons. The highest BCUT2D eigenvalue weighted by molar-refractivity contribution is 5.90. The summed E-state index contributed by atoms with van der Waals surface area (Å²) in [7, 11) is 0. The third-order valence-corrected chi connectivity index (χ3v) is 6.05. The van der Waals surface area contributed by atoms with Gasteiger partial charge in [0.15, 0.2) is 11.5 Å². The number of anilines is 2. The number of hydrogen-bond donors (Lipinski definition) is 2. The highest BCUT2D eigenvalue weighted by Crippen LogP contribution is 2.34. The number of rotatable bonds is 6. The topological polar surface area (TPSA) is 97.2 Å². The van der Waals surface area contributed by atoms with E-state index in [1.807, 2.05) is 23.0 Å². The molecule has 2 unspecified atom stereocenters. The molecule has 174 valence electrons. The number of amides is 2. The minimum absolute atomic E-state index is 0.0205. The predicted molar refractivity (Wildman–Crippen MR) is 124 cm³/mol. The molecule has 0 saturated carbocycles. The van der Waals surface area contributed by atoms with Crippen LogP contribution in [-0.2, 0) is 4.74 Å². The molecule has 2 aliphatic rings. The fourth-order valence-electron chi connectivity index (χ4n) is 4.49. The quantitative estimate of drug-likeness (QED) is 0.593. The number of urea groups is 1. The van der Waals surface area contributed by atoms with E-state index in [2.05, 4.69) is 34.5 Å². The number of aromatic nitrogens is 4. The first-order valence-corrected chi connectivity index (χ1v) is 11.4. The molecule has 2 atom stereocenters. The van der Waals surface area contributed by atoms with Crippen LogP contribution in [0.3, 0.4) is 0 Å². The molecule has 10 heteroatoms. The van der Waals surface area contributed by atoms with Crippen molar-refractivity contribution in [1.82, 2.24) is 25.1 Å². The van der Waals surface area contributed by atoms with Gasteiger partial charge in [-0.05, 0) is 51.0 Å². The fraction of sp³-hybridized carbons (Fsp3) is 0.478. The molecule has 2 aromatic heterocycles. The minimum atomic E-state index is -0.605. The van der Waals surface area contributed by atoms with Crippen LogP contribution >= 0.6 is 0 Å². The Morgan fingerprint density at radius 3 is 2.58 bits per heavy atom. The summed E-state index contributed by atoms with van der Waals surface area (Å²) in [6, 6.07) is 7.03. The zero-order valence-corrected chi connectivity index (χ0v) is 18.8. The van der Waals surface area contributed by atoms with Gasteiger partial charge >= 0.3 is 6.03 Å². The normalized spacial score (nSPS) is 19.9. The largest absolute Gasteiger partial charge is 0.371 e. The molecule has 2 bridgehead atoms. The first-order chi connectivity index (χ1) is 16.0. The maximum atomic E-state index is 12.2. The number of ether oxygens (including phenoxy) is 1. The highest BCUT2D eigenvalue weighted by atomic mass is 19.1. The average Bonchev–Trinajstić information content (AvgIpc) is 3.40. The van der Waals surface area contributed by atoms with Crippen molar-refractivity contribution >= 4 is 28.6 Å². The van der Waals surface area contributed by atoms with Crippen LogP contribution in [-0.4, -0.2) is 64.3 Å². The Morgan fingerprint density at radius 2 is 1.91 bits per heavy atom. The lowest BCUT2D eigenvalue weighted by Crippen LogP contribution is -2.43.